The summed E-state index contributed by atoms with van der Waals surface area (Å²) in [5.74, 6) is -0.625. The minimum absolute atomic E-state index is 0.583. The van der Waals surface area contributed by atoms with Gasteiger partial charge in [0.1, 0.15) is 12.1 Å². The summed E-state index contributed by atoms with van der Waals surface area (Å²) in [5.41, 5.74) is 4.90. The van der Waals surface area contributed by atoms with Gasteiger partial charge in [0, 0.05) is 0 Å². The van der Waals surface area contributed by atoms with E-state index in [-0.39, 0.29) is 0 Å². The Labute approximate surface area is 76.1 Å². The lowest BCUT2D eigenvalue weighted by Gasteiger charge is -2.11. The lowest BCUT2D eigenvalue weighted by atomic mass is 10.3. The molecule has 0 saturated carbocycles. The van der Waals surface area contributed by atoms with E-state index in [0.717, 1.165) is 0 Å². The molecule has 2 atom stereocenters. The lowest BCUT2D eigenvalue weighted by Crippen LogP contribution is -2.48. The molecule has 0 rings (SSSR count). The minimum atomic E-state index is -0.745. The van der Waals surface area contributed by atoms with Crippen LogP contribution in [0.15, 0.2) is 0 Å². The fourth-order valence-electron chi connectivity index (χ4n) is 0.538. The molecule has 0 aromatic heterocycles. The first-order valence-electron chi connectivity index (χ1n) is 3.73. The molecule has 0 saturated heterocycles. The zero-order valence-corrected chi connectivity index (χ0v) is 7.50. The smallest absolute Gasteiger partial charge is 0.316 e. The number of hydrogen-bond donors (Lipinski definition) is 3. The topological polar surface area (TPSA) is 108 Å². The van der Waals surface area contributed by atoms with Gasteiger partial charge in [0.15, 0.2) is 0 Å². The van der Waals surface area contributed by atoms with Crippen molar-refractivity contribution in [3.63, 3.8) is 0 Å². The van der Waals surface area contributed by atoms with E-state index in [1.165, 1.54) is 13.8 Å². The van der Waals surface area contributed by atoms with Crippen LogP contribution >= 0.6 is 0 Å². The first kappa shape index (κ1) is 11.2. The van der Waals surface area contributed by atoms with Gasteiger partial charge < -0.3 is 16.4 Å². The Bertz CT molecular complexity index is 245. The van der Waals surface area contributed by atoms with Gasteiger partial charge in [0.05, 0.1) is 6.07 Å². The maximum absolute atomic E-state index is 10.9. The van der Waals surface area contributed by atoms with Gasteiger partial charge in [-0.1, -0.05) is 0 Å². The van der Waals surface area contributed by atoms with Crippen molar-refractivity contribution in [2.45, 2.75) is 25.9 Å². The summed E-state index contributed by atoms with van der Waals surface area (Å²) in [7, 11) is 0. The molecular weight excluding hydrogens is 172 g/mol. The lowest BCUT2D eigenvalue weighted by molar-refractivity contribution is -0.119. The van der Waals surface area contributed by atoms with Gasteiger partial charge in [-0.2, -0.15) is 5.26 Å². The van der Waals surface area contributed by atoms with E-state index in [1.54, 1.807) is 0 Å². The van der Waals surface area contributed by atoms with Gasteiger partial charge in [-0.3, -0.25) is 4.79 Å². The summed E-state index contributed by atoms with van der Waals surface area (Å²) in [6.07, 6.45) is 0. The third-order valence-electron chi connectivity index (χ3n) is 1.32. The molecule has 0 aliphatic carbocycles. The highest BCUT2D eigenvalue weighted by Crippen LogP contribution is 1.81. The van der Waals surface area contributed by atoms with E-state index < -0.39 is 24.0 Å². The molecule has 0 aliphatic heterocycles. The highest BCUT2D eigenvalue weighted by atomic mass is 16.2. The third kappa shape index (κ3) is 4.63. The first-order chi connectivity index (χ1) is 5.97. The van der Waals surface area contributed by atoms with E-state index in [9.17, 15) is 9.59 Å². The number of nitrogens with two attached hydrogens (primary N) is 1. The van der Waals surface area contributed by atoms with Crippen LogP contribution in [0, 0.1) is 11.3 Å². The molecule has 0 heterocycles. The van der Waals surface area contributed by atoms with E-state index in [4.69, 9.17) is 11.0 Å². The molecule has 72 valence electrons. The fraction of sp³-hybridized carbons (Fsp3) is 0.571. The molecular formula is C7H12N4O2. The molecule has 0 spiro atoms. The number of primary amides is 1. The van der Waals surface area contributed by atoms with Crippen molar-refractivity contribution >= 4 is 11.9 Å². The first-order valence-corrected chi connectivity index (χ1v) is 3.73. The Balaban J connectivity index is 3.89. The highest BCUT2D eigenvalue weighted by molar-refractivity contribution is 5.85. The van der Waals surface area contributed by atoms with E-state index in [2.05, 4.69) is 10.6 Å². The number of carbonyl (C=O) groups excluding carboxylic acids is 2. The SMILES string of the molecule is C[C@H](NC(=O)N[C@@H](C)C#N)C(N)=O. The van der Waals surface area contributed by atoms with Crippen molar-refractivity contribution in [1.29, 1.82) is 5.26 Å². The molecule has 0 radical (unpaired) electrons. The van der Waals surface area contributed by atoms with Crippen LogP contribution in [0.4, 0.5) is 4.79 Å². The van der Waals surface area contributed by atoms with Gasteiger partial charge in [-0.15, -0.1) is 0 Å². The molecule has 0 aliphatic rings. The molecule has 0 aromatic rings. The number of carbonyl (C=O) groups is 2. The van der Waals surface area contributed by atoms with Crippen molar-refractivity contribution in [2.24, 2.45) is 5.73 Å². The second kappa shape index (κ2) is 4.98. The Kier molecular flexibility index (Phi) is 4.30. The summed E-state index contributed by atoms with van der Waals surface area (Å²) >= 11 is 0. The van der Waals surface area contributed by atoms with Crippen molar-refractivity contribution in [3.8, 4) is 6.07 Å². The predicted molar refractivity (Wildman–Crippen MR) is 45.4 cm³/mol. The average molecular weight is 184 g/mol. The van der Waals surface area contributed by atoms with Gasteiger partial charge >= 0.3 is 6.03 Å². The molecule has 0 bridgehead atoms. The number of nitriles is 1. The second-order valence-corrected chi connectivity index (χ2v) is 2.59. The number of amides is 3. The summed E-state index contributed by atoms with van der Waals surface area (Å²) in [4.78, 5) is 21.5. The number of nitrogens with one attached hydrogen (secondary N) is 2. The molecule has 0 aromatic carbocycles. The minimum Gasteiger partial charge on any atom is -0.368 e. The molecule has 3 amide bonds. The van der Waals surface area contributed by atoms with Crippen LogP contribution in [0.1, 0.15) is 13.8 Å². The number of rotatable bonds is 3. The third-order valence-corrected chi connectivity index (χ3v) is 1.32. The number of nitrogens with zero attached hydrogens (tertiary/aromatic N) is 1. The van der Waals surface area contributed by atoms with Gasteiger partial charge in [-0.25, -0.2) is 4.79 Å². The Morgan fingerprint density at radius 3 is 2.31 bits per heavy atom. The predicted octanol–water partition coefficient (Wildman–Crippen LogP) is -0.929. The zero-order chi connectivity index (χ0) is 10.4. The van der Waals surface area contributed by atoms with Crippen LogP contribution in [0.5, 0.6) is 0 Å². The maximum atomic E-state index is 10.9. The van der Waals surface area contributed by atoms with Crippen molar-refractivity contribution in [3.05, 3.63) is 0 Å². The van der Waals surface area contributed by atoms with Crippen LogP contribution in [0.3, 0.4) is 0 Å². The van der Waals surface area contributed by atoms with E-state index >= 15 is 0 Å². The summed E-state index contributed by atoms with van der Waals surface area (Å²) in [6, 6.07) is -0.115. The van der Waals surface area contributed by atoms with Gasteiger partial charge in [-0.05, 0) is 13.8 Å². The van der Waals surface area contributed by atoms with Crippen LogP contribution in [0.25, 0.3) is 0 Å². The zero-order valence-electron chi connectivity index (χ0n) is 7.50. The van der Waals surface area contributed by atoms with Crippen LogP contribution in [0.2, 0.25) is 0 Å². The van der Waals surface area contributed by atoms with E-state index in [0.29, 0.717) is 0 Å². The standard InChI is InChI=1S/C7H12N4O2/c1-4(3-8)10-7(13)11-5(2)6(9)12/h4-5H,1-2H3,(H2,9,12)(H2,10,11,13)/t4-,5-/m0/s1. The van der Waals surface area contributed by atoms with E-state index in [1.807, 2.05) is 6.07 Å². The van der Waals surface area contributed by atoms with Crippen molar-refractivity contribution in [1.82, 2.24) is 10.6 Å². The normalized spacial score (nSPS) is 13.6. The second-order valence-electron chi connectivity index (χ2n) is 2.59. The molecule has 13 heavy (non-hydrogen) atoms. The Morgan fingerprint density at radius 2 is 1.92 bits per heavy atom. The molecule has 6 nitrogen and oxygen atoms in total. The summed E-state index contributed by atoms with van der Waals surface area (Å²) in [6.45, 7) is 2.98. The molecule has 0 unspecified atom stereocenters. The van der Waals surface area contributed by atoms with Crippen molar-refractivity contribution < 1.29 is 9.59 Å². The number of urea groups is 1. The monoisotopic (exact) mass is 184 g/mol. The largest absolute Gasteiger partial charge is 0.368 e. The highest BCUT2D eigenvalue weighted by Gasteiger charge is 2.12. The molecule has 4 N–H and O–H groups in total. The van der Waals surface area contributed by atoms with Crippen LogP contribution in [-0.4, -0.2) is 24.0 Å². The molecule has 0 fully saturated rings. The van der Waals surface area contributed by atoms with Crippen LogP contribution in [-0.2, 0) is 4.79 Å². The Morgan fingerprint density at radius 1 is 1.38 bits per heavy atom. The maximum Gasteiger partial charge on any atom is 0.316 e. The summed E-state index contributed by atoms with van der Waals surface area (Å²) < 4.78 is 0. The van der Waals surface area contributed by atoms with Crippen LogP contribution < -0.4 is 16.4 Å². The van der Waals surface area contributed by atoms with Gasteiger partial charge in [0.2, 0.25) is 5.91 Å². The Hall–Kier alpha value is -1.77. The van der Waals surface area contributed by atoms with Crippen molar-refractivity contribution in [2.75, 3.05) is 0 Å². The molecule has 6 heteroatoms. The average Bonchev–Trinajstić information content (AvgIpc) is 2.03. The number of hydrogen-bond acceptors (Lipinski definition) is 3. The quantitative estimate of drug-likeness (QED) is 0.527. The fourth-order valence-corrected chi connectivity index (χ4v) is 0.538. The summed E-state index contributed by atoms with van der Waals surface area (Å²) in [5, 5.41) is 12.9. The van der Waals surface area contributed by atoms with Gasteiger partial charge in [0.25, 0.3) is 0 Å².